The molecular formula is C11H13Cl2NO. The number of carbonyl (C=O) groups excluding carboxylic acids is 1. The van der Waals surface area contributed by atoms with Crippen molar-refractivity contribution >= 4 is 29.0 Å². The molecule has 0 atom stereocenters. The molecule has 0 spiro atoms. The van der Waals surface area contributed by atoms with Crippen LogP contribution in [0.4, 0.5) is 0 Å². The minimum Gasteiger partial charge on any atom is -0.330 e. The topological polar surface area (TPSA) is 43.1 Å². The molecule has 0 fully saturated rings. The zero-order valence-electron chi connectivity index (χ0n) is 8.30. The molecule has 2 nitrogen and oxygen atoms in total. The summed E-state index contributed by atoms with van der Waals surface area (Å²) in [5, 5.41) is 0.886. The van der Waals surface area contributed by atoms with Crippen molar-refractivity contribution in [2.24, 2.45) is 5.73 Å². The summed E-state index contributed by atoms with van der Waals surface area (Å²) >= 11 is 11.6. The molecule has 2 N–H and O–H groups in total. The summed E-state index contributed by atoms with van der Waals surface area (Å²) in [6, 6.07) is 4.94. The van der Waals surface area contributed by atoms with Gasteiger partial charge in [0.1, 0.15) is 0 Å². The number of hydrogen-bond donors (Lipinski definition) is 1. The summed E-state index contributed by atoms with van der Waals surface area (Å²) in [4.78, 5) is 11.6. The van der Waals surface area contributed by atoms with Crippen LogP contribution in [-0.2, 0) is 0 Å². The highest BCUT2D eigenvalue weighted by Crippen LogP contribution is 2.23. The van der Waals surface area contributed by atoms with Crippen LogP contribution in [0.1, 0.15) is 29.6 Å². The third-order valence-electron chi connectivity index (χ3n) is 2.10. The summed E-state index contributed by atoms with van der Waals surface area (Å²) < 4.78 is 0. The molecule has 0 aliphatic heterocycles. The van der Waals surface area contributed by atoms with Crippen molar-refractivity contribution in [2.45, 2.75) is 19.3 Å². The average molecular weight is 246 g/mol. The Morgan fingerprint density at radius 3 is 2.53 bits per heavy atom. The molecule has 1 aromatic rings. The van der Waals surface area contributed by atoms with Crippen LogP contribution in [0.5, 0.6) is 0 Å². The van der Waals surface area contributed by atoms with E-state index >= 15 is 0 Å². The Morgan fingerprint density at radius 1 is 1.20 bits per heavy atom. The third kappa shape index (κ3) is 3.82. The van der Waals surface area contributed by atoms with Crippen LogP contribution in [0, 0.1) is 0 Å². The molecule has 0 unspecified atom stereocenters. The lowest BCUT2D eigenvalue weighted by Crippen LogP contribution is -2.02. The van der Waals surface area contributed by atoms with Gasteiger partial charge in [0.25, 0.3) is 0 Å². The highest BCUT2D eigenvalue weighted by atomic mass is 35.5. The molecule has 0 bridgehead atoms. The first-order valence-corrected chi connectivity index (χ1v) is 5.59. The first-order valence-electron chi connectivity index (χ1n) is 4.83. The van der Waals surface area contributed by atoms with E-state index in [-0.39, 0.29) is 5.78 Å². The lowest BCUT2D eigenvalue weighted by molar-refractivity contribution is 0.0979. The van der Waals surface area contributed by atoms with Gasteiger partial charge in [0, 0.05) is 12.0 Å². The maximum Gasteiger partial charge on any atom is 0.162 e. The minimum absolute atomic E-state index is 0.0852. The Labute approximate surface area is 99.4 Å². The number of rotatable bonds is 5. The van der Waals surface area contributed by atoms with Crippen LogP contribution < -0.4 is 5.73 Å². The minimum atomic E-state index is 0.0852. The second-order valence-electron chi connectivity index (χ2n) is 3.30. The van der Waals surface area contributed by atoms with Gasteiger partial charge in [-0.3, -0.25) is 4.79 Å². The second kappa shape index (κ2) is 6.11. The largest absolute Gasteiger partial charge is 0.330 e. The summed E-state index contributed by atoms with van der Waals surface area (Å²) in [5.41, 5.74) is 5.96. The monoisotopic (exact) mass is 245 g/mol. The number of nitrogens with two attached hydrogens (primary N) is 1. The van der Waals surface area contributed by atoms with E-state index in [1.54, 1.807) is 18.2 Å². The predicted octanol–water partition coefficient (Wildman–Crippen LogP) is 3.31. The molecule has 4 heteroatoms. The van der Waals surface area contributed by atoms with Crippen LogP contribution in [0.2, 0.25) is 10.0 Å². The van der Waals surface area contributed by atoms with E-state index in [1.165, 1.54) is 0 Å². The van der Waals surface area contributed by atoms with Gasteiger partial charge in [0.2, 0.25) is 0 Å². The highest BCUT2D eigenvalue weighted by molar-refractivity contribution is 6.42. The smallest absolute Gasteiger partial charge is 0.162 e. The molecule has 82 valence electrons. The van der Waals surface area contributed by atoms with E-state index in [4.69, 9.17) is 28.9 Å². The van der Waals surface area contributed by atoms with E-state index in [9.17, 15) is 4.79 Å². The van der Waals surface area contributed by atoms with Crippen molar-refractivity contribution in [3.05, 3.63) is 33.8 Å². The Bertz CT molecular complexity index is 352. The summed E-state index contributed by atoms with van der Waals surface area (Å²) in [7, 11) is 0. The lowest BCUT2D eigenvalue weighted by atomic mass is 10.1. The maximum absolute atomic E-state index is 11.6. The van der Waals surface area contributed by atoms with Crippen molar-refractivity contribution in [1.82, 2.24) is 0 Å². The molecule has 0 saturated heterocycles. The number of halogens is 2. The van der Waals surface area contributed by atoms with Gasteiger partial charge in [-0.05, 0) is 37.6 Å². The second-order valence-corrected chi connectivity index (χ2v) is 4.11. The molecule has 0 aliphatic carbocycles. The van der Waals surface area contributed by atoms with Gasteiger partial charge in [-0.2, -0.15) is 0 Å². The molecular weight excluding hydrogens is 233 g/mol. The quantitative estimate of drug-likeness (QED) is 0.639. The average Bonchev–Trinajstić information content (AvgIpc) is 2.22. The first-order chi connectivity index (χ1) is 7.15. The van der Waals surface area contributed by atoms with Crippen molar-refractivity contribution in [3.8, 4) is 0 Å². The fourth-order valence-electron chi connectivity index (χ4n) is 1.24. The summed E-state index contributed by atoms with van der Waals surface area (Å²) in [6.07, 6.45) is 2.19. The van der Waals surface area contributed by atoms with E-state index in [0.717, 1.165) is 12.8 Å². The van der Waals surface area contributed by atoms with Gasteiger partial charge in [-0.15, -0.1) is 0 Å². The number of unbranched alkanes of at least 4 members (excludes halogenated alkanes) is 1. The van der Waals surface area contributed by atoms with Gasteiger partial charge in [-0.25, -0.2) is 0 Å². The molecule has 1 aromatic carbocycles. The number of hydrogen-bond acceptors (Lipinski definition) is 2. The van der Waals surface area contributed by atoms with Gasteiger partial charge in [0.05, 0.1) is 10.0 Å². The SMILES string of the molecule is NCCCCC(=O)c1ccc(Cl)c(Cl)c1. The molecule has 0 radical (unpaired) electrons. The Hall–Kier alpha value is -0.570. The molecule has 0 amide bonds. The van der Waals surface area contributed by atoms with Crippen molar-refractivity contribution < 1.29 is 4.79 Å². The molecule has 0 aromatic heterocycles. The van der Waals surface area contributed by atoms with Crippen molar-refractivity contribution in [3.63, 3.8) is 0 Å². The van der Waals surface area contributed by atoms with E-state index in [0.29, 0.717) is 28.6 Å². The van der Waals surface area contributed by atoms with Crippen LogP contribution >= 0.6 is 23.2 Å². The Morgan fingerprint density at radius 2 is 1.93 bits per heavy atom. The summed E-state index contributed by atoms with van der Waals surface area (Å²) in [6.45, 7) is 0.620. The van der Waals surface area contributed by atoms with Crippen LogP contribution in [0.3, 0.4) is 0 Å². The van der Waals surface area contributed by atoms with E-state index in [2.05, 4.69) is 0 Å². The number of ketones is 1. The van der Waals surface area contributed by atoms with Crippen LogP contribution in [0.25, 0.3) is 0 Å². The lowest BCUT2D eigenvalue weighted by Gasteiger charge is -2.02. The Kier molecular flexibility index (Phi) is 5.09. The van der Waals surface area contributed by atoms with Gasteiger partial charge in [0.15, 0.2) is 5.78 Å². The van der Waals surface area contributed by atoms with Gasteiger partial charge in [-0.1, -0.05) is 23.2 Å². The zero-order chi connectivity index (χ0) is 11.3. The third-order valence-corrected chi connectivity index (χ3v) is 2.84. The molecule has 0 aliphatic rings. The fourth-order valence-corrected chi connectivity index (χ4v) is 1.54. The van der Waals surface area contributed by atoms with E-state index < -0.39 is 0 Å². The first kappa shape index (κ1) is 12.5. The number of benzene rings is 1. The zero-order valence-corrected chi connectivity index (χ0v) is 9.81. The number of Topliss-reactive ketones (excluding diaryl/α,β-unsaturated/α-hetero) is 1. The van der Waals surface area contributed by atoms with Crippen LogP contribution in [-0.4, -0.2) is 12.3 Å². The predicted molar refractivity (Wildman–Crippen MR) is 63.7 cm³/mol. The molecule has 0 saturated carbocycles. The van der Waals surface area contributed by atoms with E-state index in [1.807, 2.05) is 0 Å². The molecule has 1 rings (SSSR count). The number of carbonyl (C=O) groups is 1. The van der Waals surface area contributed by atoms with Gasteiger partial charge < -0.3 is 5.73 Å². The standard InChI is InChI=1S/C11H13Cl2NO/c12-9-5-4-8(7-10(9)13)11(15)3-1-2-6-14/h4-5,7H,1-3,6,14H2. The Balaban J connectivity index is 2.62. The molecule has 0 heterocycles. The maximum atomic E-state index is 11.6. The normalized spacial score (nSPS) is 10.3. The molecule has 15 heavy (non-hydrogen) atoms. The van der Waals surface area contributed by atoms with Gasteiger partial charge >= 0.3 is 0 Å². The summed E-state index contributed by atoms with van der Waals surface area (Å²) in [5.74, 6) is 0.0852. The fraction of sp³-hybridized carbons (Fsp3) is 0.364. The van der Waals surface area contributed by atoms with Crippen molar-refractivity contribution in [2.75, 3.05) is 6.54 Å². The van der Waals surface area contributed by atoms with Crippen molar-refractivity contribution in [1.29, 1.82) is 0 Å². The highest BCUT2D eigenvalue weighted by Gasteiger charge is 2.07. The van der Waals surface area contributed by atoms with Crippen LogP contribution in [0.15, 0.2) is 18.2 Å².